The van der Waals surface area contributed by atoms with Crippen molar-refractivity contribution in [3.8, 4) is 0 Å². The summed E-state index contributed by atoms with van der Waals surface area (Å²) in [5, 5.41) is 4.61. The van der Waals surface area contributed by atoms with Crippen LogP contribution < -0.4 is 10.9 Å². The fourth-order valence-corrected chi connectivity index (χ4v) is 6.75. The van der Waals surface area contributed by atoms with Crippen molar-refractivity contribution in [3.63, 3.8) is 0 Å². The van der Waals surface area contributed by atoms with Crippen LogP contribution in [0.4, 0.5) is 0 Å². The fourth-order valence-electron chi connectivity index (χ4n) is 4.62. The van der Waals surface area contributed by atoms with E-state index < -0.39 is 0 Å². The van der Waals surface area contributed by atoms with Crippen molar-refractivity contribution < 1.29 is 4.79 Å². The van der Waals surface area contributed by atoms with E-state index in [0.29, 0.717) is 23.5 Å². The summed E-state index contributed by atoms with van der Waals surface area (Å²) in [4.78, 5) is 32.7. The molecular weight excluding hydrogens is 402 g/mol. The number of hydrogen-bond acceptors (Lipinski definition) is 5. The van der Waals surface area contributed by atoms with Gasteiger partial charge in [-0.25, -0.2) is 4.98 Å². The second-order valence-corrected chi connectivity index (χ2v) is 10.4. The molecule has 0 bridgehead atoms. The average molecular weight is 432 g/mol. The lowest BCUT2D eigenvalue weighted by atomic mass is 9.78. The van der Waals surface area contributed by atoms with Crippen molar-refractivity contribution in [1.82, 2.24) is 14.9 Å². The van der Waals surface area contributed by atoms with E-state index in [1.165, 1.54) is 35.0 Å². The van der Waals surface area contributed by atoms with Crippen LogP contribution in [-0.2, 0) is 24.2 Å². The first-order valence-corrected chi connectivity index (χ1v) is 12.4. The van der Waals surface area contributed by atoms with Gasteiger partial charge in [-0.2, -0.15) is 0 Å². The normalized spacial score (nSPS) is 23.9. The Morgan fingerprint density at radius 2 is 2.17 bits per heavy atom. The number of thioether (sulfide) groups is 1. The Bertz CT molecular complexity index is 994. The van der Waals surface area contributed by atoms with Crippen molar-refractivity contribution in [2.45, 2.75) is 70.1 Å². The molecule has 0 aromatic carbocycles. The van der Waals surface area contributed by atoms with Gasteiger partial charge in [-0.1, -0.05) is 44.5 Å². The summed E-state index contributed by atoms with van der Waals surface area (Å²) < 4.78 is 1.67. The lowest BCUT2D eigenvalue weighted by Crippen LogP contribution is -2.44. The van der Waals surface area contributed by atoms with E-state index in [1.807, 2.05) is 0 Å². The van der Waals surface area contributed by atoms with Crippen molar-refractivity contribution in [2.75, 3.05) is 5.75 Å². The van der Waals surface area contributed by atoms with E-state index >= 15 is 0 Å². The molecule has 1 fully saturated rings. The molecule has 2 aromatic rings. The number of thiophene rings is 1. The Morgan fingerprint density at radius 3 is 2.97 bits per heavy atom. The number of carbonyl (C=O) groups is 1. The topological polar surface area (TPSA) is 64.0 Å². The third-order valence-electron chi connectivity index (χ3n) is 6.49. The zero-order chi connectivity index (χ0) is 20.5. The molecule has 1 N–H and O–H groups in total. The number of fused-ring (bicyclic) bond motifs is 3. The number of rotatable bonds is 6. The summed E-state index contributed by atoms with van der Waals surface area (Å²) in [5.74, 6) is 1.44. The predicted octanol–water partition coefficient (Wildman–Crippen LogP) is 4.17. The van der Waals surface area contributed by atoms with Gasteiger partial charge in [-0.05, 0) is 43.1 Å². The van der Waals surface area contributed by atoms with Crippen LogP contribution in [-0.4, -0.2) is 27.3 Å². The molecule has 0 radical (unpaired) electrons. The smallest absolute Gasteiger partial charge is 0.263 e. The van der Waals surface area contributed by atoms with Crippen molar-refractivity contribution in [1.29, 1.82) is 0 Å². The Labute approximate surface area is 180 Å². The maximum atomic E-state index is 13.2. The molecule has 0 spiro atoms. The monoisotopic (exact) mass is 431 g/mol. The van der Waals surface area contributed by atoms with E-state index in [-0.39, 0.29) is 23.3 Å². The summed E-state index contributed by atoms with van der Waals surface area (Å²) in [6.45, 7) is 8.70. The van der Waals surface area contributed by atoms with Gasteiger partial charge in [0.2, 0.25) is 5.91 Å². The molecule has 2 heterocycles. The molecule has 2 aliphatic rings. The molecule has 1 saturated carbocycles. The van der Waals surface area contributed by atoms with Crippen LogP contribution in [0.15, 0.2) is 22.6 Å². The van der Waals surface area contributed by atoms with Crippen LogP contribution >= 0.6 is 23.1 Å². The van der Waals surface area contributed by atoms with Crippen LogP contribution in [0.3, 0.4) is 0 Å². The van der Waals surface area contributed by atoms with Gasteiger partial charge in [-0.15, -0.1) is 17.9 Å². The minimum atomic E-state index is 0.00642. The third-order valence-corrected chi connectivity index (χ3v) is 8.65. The van der Waals surface area contributed by atoms with Crippen molar-refractivity contribution in [3.05, 3.63) is 33.4 Å². The summed E-state index contributed by atoms with van der Waals surface area (Å²) in [7, 11) is 0. The lowest BCUT2D eigenvalue weighted by molar-refractivity contribution is -0.120. The number of hydrogen-bond donors (Lipinski definition) is 1. The predicted molar refractivity (Wildman–Crippen MR) is 121 cm³/mol. The van der Waals surface area contributed by atoms with Crippen molar-refractivity contribution >= 4 is 39.2 Å². The maximum absolute atomic E-state index is 13.2. The third kappa shape index (κ3) is 4.04. The Balaban J connectivity index is 1.53. The van der Waals surface area contributed by atoms with Gasteiger partial charge >= 0.3 is 0 Å². The van der Waals surface area contributed by atoms with Gasteiger partial charge in [0.05, 0.1) is 11.1 Å². The van der Waals surface area contributed by atoms with E-state index in [1.54, 1.807) is 22.0 Å². The largest absolute Gasteiger partial charge is 0.352 e. The summed E-state index contributed by atoms with van der Waals surface area (Å²) in [6.07, 6.45) is 8.31. The maximum Gasteiger partial charge on any atom is 0.263 e. The standard InChI is InChI=1S/C22H29N3O2S2/c1-4-11-25-21(27)19-15-8-6-10-17(15)29-20(19)24-22(25)28-12-18(26)23-16-9-5-7-13(2)14(16)3/h4,13-14,16H,1,5-12H2,2-3H3,(H,23,26). The zero-order valence-electron chi connectivity index (χ0n) is 17.2. The average Bonchev–Trinajstić information content (AvgIpc) is 3.27. The highest BCUT2D eigenvalue weighted by atomic mass is 32.2. The number of nitrogens with one attached hydrogen (secondary N) is 1. The molecule has 7 heteroatoms. The second-order valence-electron chi connectivity index (χ2n) is 8.37. The number of amides is 1. The number of aryl methyl sites for hydroxylation is 2. The zero-order valence-corrected chi connectivity index (χ0v) is 18.8. The minimum Gasteiger partial charge on any atom is -0.352 e. The van der Waals surface area contributed by atoms with Gasteiger partial charge in [-0.3, -0.25) is 14.2 Å². The number of carbonyl (C=O) groups excluding carboxylic acids is 1. The van der Waals surface area contributed by atoms with Gasteiger partial charge in [0.15, 0.2) is 5.16 Å². The minimum absolute atomic E-state index is 0.00642. The van der Waals surface area contributed by atoms with Gasteiger partial charge in [0.25, 0.3) is 5.56 Å². The van der Waals surface area contributed by atoms with Crippen LogP contribution in [0, 0.1) is 11.8 Å². The highest BCUT2D eigenvalue weighted by molar-refractivity contribution is 7.99. The van der Waals surface area contributed by atoms with Gasteiger partial charge in [0, 0.05) is 17.5 Å². The van der Waals surface area contributed by atoms with Crippen LogP contribution in [0.2, 0.25) is 0 Å². The van der Waals surface area contributed by atoms with Gasteiger partial charge in [0.1, 0.15) is 4.83 Å². The van der Waals surface area contributed by atoms with E-state index in [0.717, 1.165) is 35.9 Å². The van der Waals surface area contributed by atoms with Crippen LogP contribution in [0.1, 0.15) is 50.0 Å². The van der Waals surface area contributed by atoms with Crippen LogP contribution in [0.5, 0.6) is 0 Å². The van der Waals surface area contributed by atoms with Crippen LogP contribution in [0.25, 0.3) is 10.2 Å². The molecule has 156 valence electrons. The van der Waals surface area contributed by atoms with E-state index in [9.17, 15) is 9.59 Å². The molecule has 2 aliphatic carbocycles. The summed E-state index contributed by atoms with van der Waals surface area (Å²) >= 11 is 2.99. The highest BCUT2D eigenvalue weighted by Gasteiger charge is 2.28. The lowest BCUT2D eigenvalue weighted by Gasteiger charge is -2.34. The molecule has 3 unspecified atom stereocenters. The Kier molecular flexibility index (Phi) is 6.16. The molecule has 3 atom stereocenters. The SMILES string of the molecule is C=CCn1c(SCC(=O)NC2CCCC(C)C2C)nc2sc3c(c2c1=O)CCC3. The Hall–Kier alpha value is -1.60. The van der Waals surface area contributed by atoms with E-state index in [2.05, 4.69) is 25.7 Å². The Morgan fingerprint density at radius 1 is 1.34 bits per heavy atom. The number of nitrogens with zero attached hydrogens (tertiary/aromatic N) is 2. The molecule has 29 heavy (non-hydrogen) atoms. The second kappa shape index (κ2) is 8.64. The molecule has 0 saturated heterocycles. The number of allylic oxidation sites excluding steroid dienone is 1. The quantitative estimate of drug-likeness (QED) is 0.424. The number of aromatic nitrogens is 2. The summed E-state index contributed by atoms with van der Waals surface area (Å²) in [6, 6.07) is 0.248. The van der Waals surface area contributed by atoms with Gasteiger partial charge < -0.3 is 5.32 Å². The van der Waals surface area contributed by atoms with E-state index in [4.69, 9.17) is 4.98 Å². The molecule has 1 amide bonds. The first-order chi connectivity index (χ1) is 14.0. The first-order valence-electron chi connectivity index (χ1n) is 10.6. The molecule has 4 rings (SSSR count). The molecule has 0 aliphatic heterocycles. The molecular formula is C22H29N3O2S2. The first kappa shape index (κ1) is 20.7. The summed E-state index contributed by atoms with van der Waals surface area (Å²) in [5.41, 5.74) is 1.20. The molecule has 2 aromatic heterocycles. The highest BCUT2D eigenvalue weighted by Crippen LogP contribution is 2.35. The fraction of sp³-hybridized carbons (Fsp3) is 0.591. The molecule has 5 nitrogen and oxygen atoms in total. The van der Waals surface area contributed by atoms with Crippen molar-refractivity contribution in [2.24, 2.45) is 11.8 Å².